The average molecular weight is 293 g/mol. The van der Waals surface area contributed by atoms with Crippen LogP contribution in [0.5, 0.6) is 5.75 Å². The Morgan fingerprint density at radius 3 is 2.68 bits per heavy atom. The van der Waals surface area contributed by atoms with Gasteiger partial charge >= 0.3 is 0 Å². The van der Waals surface area contributed by atoms with Gasteiger partial charge in [-0.3, -0.25) is 4.79 Å². The number of ketones is 1. The maximum atomic E-state index is 12.7. The van der Waals surface area contributed by atoms with Crippen molar-refractivity contribution < 1.29 is 9.53 Å². The van der Waals surface area contributed by atoms with Crippen molar-refractivity contribution in [3.05, 3.63) is 65.9 Å². The van der Waals surface area contributed by atoms with E-state index in [9.17, 15) is 4.79 Å². The fraction of sp³-hybridized carbons (Fsp3) is 0.211. The van der Waals surface area contributed by atoms with E-state index in [0.717, 1.165) is 27.8 Å². The summed E-state index contributed by atoms with van der Waals surface area (Å²) in [6, 6.07) is 15.7. The first-order valence-electron chi connectivity index (χ1n) is 7.41. The van der Waals surface area contributed by atoms with Crippen LogP contribution in [0.3, 0.4) is 0 Å². The van der Waals surface area contributed by atoms with Crippen LogP contribution in [0, 0.1) is 0 Å². The van der Waals surface area contributed by atoms with Crippen LogP contribution in [-0.2, 0) is 11.2 Å². The summed E-state index contributed by atoms with van der Waals surface area (Å²) < 4.78 is 5.33. The van der Waals surface area contributed by atoms with Gasteiger partial charge in [0.15, 0.2) is 0 Å². The number of para-hydroxylation sites is 2. The molecule has 0 aliphatic heterocycles. The number of methoxy groups -OCH3 is 1. The summed E-state index contributed by atoms with van der Waals surface area (Å²) in [5.41, 5.74) is 3.05. The second kappa shape index (κ2) is 6.06. The Morgan fingerprint density at radius 1 is 1.14 bits per heavy atom. The molecule has 3 nitrogen and oxygen atoms in total. The molecule has 0 fully saturated rings. The minimum atomic E-state index is -0.152. The molecule has 2 aromatic carbocycles. The number of benzene rings is 2. The highest BCUT2D eigenvalue weighted by atomic mass is 16.5. The Hall–Kier alpha value is -2.55. The van der Waals surface area contributed by atoms with Crippen LogP contribution < -0.4 is 4.74 Å². The van der Waals surface area contributed by atoms with Gasteiger partial charge in [0.2, 0.25) is 0 Å². The molecule has 1 N–H and O–H groups in total. The van der Waals surface area contributed by atoms with Crippen molar-refractivity contribution in [2.75, 3.05) is 7.11 Å². The zero-order chi connectivity index (χ0) is 15.5. The van der Waals surface area contributed by atoms with Crippen LogP contribution in [0.15, 0.2) is 54.7 Å². The molecule has 0 radical (unpaired) electrons. The highest BCUT2D eigenvalue weighted by molar-refractivity contribution is 5.93. The van der Waals surface area contributed by atoms with Crippen molar-refractivity contribution in [1.29, 1.82) is 0 Å². The molecule has 1 aromatic heterocycles. The van der Waals surface area contributed by atoms with Crippen LogP contribution in [0.2, 0.25) is 0 Å². The molecule has 22 heavy (non-hydrogen) atoms. The molecule has 0 spiro atoms. The lowest BCUT2D eigenvalue weighted by Gasteiger charge is -2.12. The van der Waals surface area contributed by atoms with E-state index in [1.54, 1.807) is 7.11 Å². The first-order chi connectivity index (χ1) is 10.7. The minimum Gasteiger partial charge on any atom is -0.496 e. The van der Waals surface area contributed by atoms with Crippen LogP contribution in [0.4, 0.5) is 0 Å². The quantitative estimate of drug-likeness (QED) is 0.769. The van der Waals surface area contributed by atoms with Gasteiger partial charge in [-0.05, 0) is 17.7 Å². The van der Waals surface area contributed by atoms with E-state index in [-0.39, 0.29) is 11.7 Å². The Bertz CT molecular complexity index is 804. The predicted molar refractivity (Wildman–Crippen MR) is 88.4 cm³/mol. The van der Waals surface area contributed by atoms with Crippen molar-refractivity contribution in [1.82, 2.24) is 4.98 Å². The molecule has 0 amide bonds. The molecule has 1 unspecified atom stereocenters. The minimum absolute atomic E-state index is 0.152. The van der Waals surface area contributed by atoms with Gasteiger partial charge in [-0.25, -0.2) is 0 Å². The van der Waals surface area contributed by atoms with Gasteiger partial charge < -0.3 is 9.72 Å². The zero-order valence-electron chi connectivity index (χ0n) is 12.8. The van der Waals surface area contributed by atoms with Gasteiger partial charge in [0.05, 0.1) is 7.11 Å². The van der Waals surface area contributed by atoms with E-state index >= 15 is 0 Å². The summed E-state index contributed by atoms with van der Waals surface area (Å²) in [5.74, 6) is 0.803. The number of hydrogen-bond acceptors (Lipinski definition) is 2. The number of Topliss-reactive ketones (excluding diaryl/α,β-unsaturated/α-hetero) is 1. The highest BCUT2D eigenvalue weighted by Gasteiger charge is 2.20. The number of aromatic nitrogens is 1. The van der Waals surface area contributed by atoms with Gasteiger partial charge in [-0.15, -0.1) is 0 Å². The fourth-order valence-electron chi connectivity index (χ4n) is 2.82. The van der Waals surface area contributed by atoms with Crippen LogP contribution >= 0.6 is 0 Å². The average Bonchev–Trinajstić information content (AvgIpc) is 2.98. The summed E-state index contributed by atoms with van der Waals surface area (Å²) in [6.45, 7) is 1.97. The summed E-state index contributed by atoms with van der Waals surface area (Å²) in [4.78, 5) is 15.9. The van der Waals surface area contributed by atoms with Crippen LogP contribution in [0.1, 0.15) is 24.0 Å². The highest BCUT2D eigenvalue weighted by Crippen LogP contribution is 2.28. The van der Waals surface area contributed by atoms with Crippen molar-refractivity contribution >= 4 is 16.7 Å². The smallest absolute Gasteiger partial charge is 0.144 e. The Balaban J connectivity index is 1.86. The van der Waals surface area contributed by atoms with Crippen molar-refractivity contribution in [3.63, 3.8) is 0 Å². The zero-order valence-corrected chi connectivity index (χ0v) is 12.8. The van der Waals surface area contributed by atoms with E-state index in [4.69, 9.17) is 4.74 Å². The number of carbonyl (C=O) groups excluding carboxylic acids is 1. The number of aromatic amines is 1. The Morgan fingerprint density at radius 2 is 1.86 bits per heavy atom. The second-order valence-corrected chi connectivity index (χ2v) is 5.47. The molecule has 0 saturated heterocycles. The van der Waals surface area contributed by atoms with Gasteiger partial charge in [-0.2, -0.15) is 0 Å². The largest absolute Gasteiger partial charge is 0.496 e. The lowest BCUT2D eigenvalue weighted by Crippen LogP contribution is -2.12. The molecule has 0 saturated carbocycles. The number of rotatable bonds is 5. The van der Waals surface area contributed by atoms with E-state index in [2.05, 4.69) is 4.98 Å². The summed E-state index contributed by atoms with van der Waals surface area (Å²) in [5, 5.41) is 1.11. The van der Waals surface area contributed by atoms with Gasteiger partial charge in [0.25, 0.3) is 0 Å². The number of H-pyrrole nitrogens is 1. The second-order valence-electron chi connectivity index (χ2n) is 5.47. The predicted octanol–water partition coefficient (Wildman–Crippen LogP) is 4.09. The Labute approximate surface area is 129 Å². The molecule has 1 atom stereocenters. The molecule has 3 aromatic rings. The van der Waals surface area contributed by atoms with Crippen LogP contribution in [0.25, 0.3) is 10.9 Å². The molecule has 0 bridgehead atoms. The third-order valence-corrected chi connectivity index (χ3v) is 4.13. The SMILES string of the molecule is COc1ccccc1CC(=O)C(C)c1c[nH]c2ccccc12. The third-order valence-electron chi connectivity index (χ3n) is 4.13. The van der Waals surface area contributed by atoms with Crippen LogP contribution in [-0.4, -0.2) is 17.9 Å². The number of carbonyl (C=O) groups is 1. The molecule has 0 aliphatic carbocycles. The molecule has 0 aliphatic rings. The van der Waals surface area contributed by atoms with Crippen molar-refractivity contribution in [2.45, 2.75) is 19.3 Å². The van der Waals surface area contributed by atoms with E-state index in [1.807, 2.05) is 61.7 Å². The van der Waals surface area contributed by atoms with E-state index in [0.29, 0.717) is 6.42 Å². The first-order valence-corrected chi connectivity index (χ1v) is 7.41. The lowest BCUT2D eigenvalue weighted by atomic mass is 9.92. The summed E-state index contributed by atoms with van der Waals surface area (Å²) in [6.07, 6.45) is 2.32. The normalized spacial score (nSPS) is 12.3. The number of fused-ring (bicyclic) bond motifs is 1. The third kappa shape index (κ3) is 2.62. The Kier molecular flexibility index (Phi) is 3.96. The lowest BCUT2D eigenvalue weighted by molar-refractivity contribution is -0.119. The maximum Gasteiger partial charge on any atom is 0.144 e. The molecule has 112 valence electrons. The first kappa shape index (κ1) is 14.4. The molecular formula is C19H19NO2. The summed E-state index contributed by atoms with van der Waals surface area (Å²) in [7, 11) is 1.63. The fourth-order valence-corrected chi connectivity index (χ4v) is 2.82. The van der Waals surface area contributed by atoms with E-state index < -0.39 is 0 Å². The number of ether oxygens (including phenoxy) is 1. The van der Waals surface area contributed by atoms with Gasteiger partial charge in [0.1, 0.15) is 11.5 Å². The van der Waals surface area contributed by atoms with E-state index in [1.165, 1.54) is 0 Å². The van der Waals surface area contributed by atoms with Crippen molar-refractivity contribution in [3.8, 4) is 5.75 Å². The topological polar surface area (TPSA) is 42.1 Å². The maximum absolute atomic E-state index is 12.7. The molecular weight excluding hydrogens is 274 g/mol. The standard InChI is InChI=1S/C19H19NO2/c1-13(16-12-20-17-9-5-4-8-15(16)17)18(21)11-14-7-3-6-10-19(14)22-2/h3-10,12-13,20H,11H2,1-2H3. The van der Waals surface area contributed by atoms with Gasteiger partial charge in [-0.1, -0.05) is 43.3 Å². The molecule has 1 heterocycles. The van der Waals surface area contributed by atoms with Crippen molar-refractivity contribution in [2.24, 2.45) is 0 Å². The molecule has 3 heteroatoms. The summed E-state index contributed by atoms with van der Waals surface area (Å²) >= 11 is 0. The number of nitrogens with one attached hydrogen (secondary N) is 1. The number of hydrogen-bond donors (Lipinski definition) is 1. The monoisotopic (exact) mass is 293 g/mol. The van der Waals surface area contributed by atoms with Gasteiger partial charge in [0, 0.05) is 35.0 Å². The molecule has 3 rings (SSSR count).